The molecular formula is C15H20N6O5S2. The average molecular weight is 428 g/mol. The number of nitrogens with zero attached hydrogens (tertiary/aromatic N) is 1. The van der Waals surface area contributed by atoms with Gasteiger partial charge in [0.1, 0.15) is 16.5 Å². The molecule has 8 N–H and O–H groups in total. The van der Waals surface area contributed by atoms with Crippen LogP contribution < -0.4 is 27.5 Å². The molecule has 2 heterocycles. The van der Waals surface area contributed by atoms with Gasteiger partial charge in [-0.3, -0.25) is 14.3 Å². The summed E-state index contributed by atoms with van der Waals surface area (Å²) in [5, 5.41) is 4.93. The van der Waals surface area contributed by atoms with Crippen LogP contribution in [0.15, 0.2) is 37.7 Å². The normalized spacial score (nSPS) is 12.2. The lowest BCUT2D eigenvalue weighted by molar-refractivity contribution is -0.119. The molecule has 0 spiro atoms. The van der Waals surface area contributed by atoms with Gasteiger partial charge < -0.3 is 27.0 Å². The first-order valence-electron chi connectivity index (χ1n) is 7.92. The molecule has 2 rings (SSSR count). The molecular weight excluding hydrogens is 408 g/mol. The first-order chi connectivity index (χ1) is 13.1. The lowest BCUT2D eigenvalue weighted by Gasteiger charge is -2.18. The summed E-state index contributed by atoms with van der Waals surface area (Å²) >= 11 is 0.985. The molecule has 0 radical (unpaired) electrons. The van der Waals surface area contributed by atoms with Crippen LogP contribution in [-0.4, -0.2) is 31.9 Å². The Bertz CT molecular complexity index is 1030. The lowest BCUT2D eigenvalue weighted by Crippen LogP contribution is -2.28. The number of carbonyl (C=O) groups is 1. The van der Waals surface area contributed by atoms with Crippen molar-refractivity contribution in [2.24, 2.45) is 22.4 Å². The minimum atomic E-state index is -4.01. The summed E-state index contributed by atoms with van der Waals surface area (Å²) in [6.45, 7) is 1.50. The average Bonchev–Trinajstić information content (AvgIpc) is 3.12. The molecule has 0 aromatic carbocycles. The molecule has 11 nitrogen and oxygen atoms in total. The topological polar surface area (TPSA) is 196 Å². The van der Waals surface area contributed by atoms with E-state index in [1.807, 2.05) is 0 Å². The number of hydrogen-bond donors (Lipinski definition) is 5. The first kappa shape index (κ1) is 21.2. The number of aromatic amines is 1. The number of aryl methyl sites for hydroxylation is 1. The number of thiophene rings is 1. The Hall–Kier alpha value is -3.06. The number of sulfonamides is 1. The summed E-state index contributed by atoms with van der Waals surface area (Å²) in [5.74, 6) is -2.09. The SMILES string of the molecule is Cc1cc(C(CCON=C(N)N)C(N)=O)c(NS(=O)(=O)c2cccs2)c(=O)[nH]1. The molecule has 1 atom stereocenters. The third kappa shape index (κ3) is 5.23. The Morgan fingerprint density at radius 3 is 2.68 bits per heavy atom. The van der Waals surface area contributed by atoms with Gasteiger partial charge in [-0.25, -0.2) is 8.42 Å². The molecule has 0 fully saturated rings. The summed E-state index contributed by atoms with van der Waals surface area (Å²) in [6.07, 6.45) is 0.0166. The maximum absolute atomic E-state index is 12.5. The van der Waals surface area contributed by atoms with E-state index in [4.69, 9.17) is 22.0 Å². The van der Waals surface area contributed by atoms with Crippen LogP contribution in [0.1, 0.15) is 23.6 Å². The van der Waals surface area contributed by atoms with E-state index in [-0.39, 0.29) is 34.4 Å². The highest BCUT2D eigenvalue weighted by Crippen LogP contribution is 2.28. The second-order valence-corrected chi connectivity index (χ2v) is 8.60. The first-order valence-corrected chi connectivity index (χ1v) is 10.3. The summed E-state index contributed by atoms with van der Waals surface area (Å²) in [7, 11) is -4.01. The van der Waals surface area contributed by atoms with Crippen LogP contribution in [0.4, 0.5) is 5.69 Å². The highest BCUT2D eigenvalue weighted by Gasteiger charge is 2.27. The number of hydrogen-bond acceptors (Lipinski definition) is 7. The van der Waals surface area contributed by atoms with Crippen LogP contribution >= 0.6 is 11.3 Å². The van der Waals surface area contributed by atoms with Crippen LogP contribution in [0, 0.1) is 6.92 Å². The summed E-state index contributed by atoms with van der Waals surface area (Å²) in [4.78, 5) is 31.8. The van der Waals surface area contributed by atoms with Crippen LogP contribution in [-0.2, 0) is 19.7 Å². The van der Waals surface area contributed by atoms with Crippen molar-refractivity contribution in [3.8, 4) is 0 Å². The van der Waals surface area contributed by atoms with Crippen molar-refractivity contribution in [3.05, 3.63) is 45.2 Å². The van der Waals surface area contributed by atoms with Crippen molar-refractivity contribution >= 4 is 38.9 Å². The van der Waals surface area contributed by atoms with Gasteiger partial charge in [-0.05, 0) is 41.6 Å². The molecule has 0 aliphatic heterocycles. The number of guanidine groups is 1. The number of nitrogens with one attached hydrogen (secondary N) is 2. The van der Waals surface area contributed by atoms with E-state index >= 15 is 0 Å². The maximum Gasteiger partial charge on any atom is 0.272 e. The predicted octanol–water partition coefficient (Wildman–Crippen LogP) is -0.290. The monoisotopic (exact) mass is 428 g/mol. The van der Waals surface area contributed by atoms with Crippen molar-refractivity contribution in [2.45, 2.75) is 23.5 Å². The number of H-pyrrole nitrogens is 1. The van der Waals surface area contributed by atoms with Gasteiger partial charge in [0.15, 0.2) is 0 Å². The molecule has 152 valence electrons. The van der Waals surface area contributed by atoms with Gasteiger partial charge in [0.2, 0.25) is 11.9 Å². The fourth-order valence-corrected chi connectivity index (χ4v) is 4.52. The molecule has 1 amide bonds. The number of rotatable bonds is 9. The molecule has 2 aromatic rings. The quantitative estimate of drug-likeness (QED) is 0.156. The molecule has 0 bridgehead atoms. The zero-order chi connectivity index (χ0) is 20.9. The van der Waals surface area contributed by atoms with Crippen molar-refractivity contribution in [3.63, 3.8) is 0 Å². The Balaban J connectivity index is 2.42. The fraction of sp³-hybridized carbons (Fsp3) is 0.267. The van der Waals surface area contributed by atoms with Gasteiger partial charge in [-0.1, -0.05) is 6.07 Å². The second kappa shape index (κ2) is 8.75. The fourth-order valence-electron chi connectivity index (χ4n) is 2.44. The van der Waals surface area contributed by atoms with E-state index in [9.17, 15) is 18.0 Å². The number of anilines is 1. The van der Waals surface area contributed by atoms with E-state index in [2.05, 4.69) is 14.9 Å². The van der Waals surface area contributed by atoms with Gasteiger partial charge in [0.25, 0.3) is 15.6 Å². The van der Waals surface area contributed by atoms with E-state index in [1.165, 1.54) is 12.1 Å². The number of pyridine rings is 1. The number of amides is 1. The highest BCUT2D eigenvalue weighted by molar-refractivity contribution is 7.94. The number of primary amides is 1. The predicted molar refractivity (Wildman–Crippen MR) is 105 cm³/mol. The highest BCUT2D eigenvalue weighted by atomic mass is 32.2. The molecule has 0 aliphatic rings. The van der Waals surface area contributed by atoms with Crippen molar-refractivity contribution < 1.29 is 18.0 Å². The van der Waals surface area contributed by atoms with Gasteiger partial charge in [-0.2, -0.15) is 0 Å². The van der Waals surface area contributed by atoms with Crippen molar-refractivity contribution in [2.75, 3.05) is 11.3 Å². The molecule has 0 aliphatic carbocycles. The van der Waals surface area contributed by atoms with Crippen LogP contribution in [0.25, 0.3) is 0 Å². The van der Waals surface area contributed by atoms with Crippen molar-refractivity contribution in [1.82, 2.24) is 4.98 Å². The van der Waals surface area contributed by atoms with Crippen molar-refractivity contribution in [1.29, 1.82) is 0 Å². The minimum Gasteiger partial charge on any atom is -0.393 e. The lowest BCUT2D eigenvalue weighted by atomic mass is 9.94. The minimum absolute atomic E-state index is 0.0166. The number of carbonyl (C=O) groups excluding carboxylic acids is 1. The molecule has 1 unspecified atom stereocenters. The summed E-state index contributed by atoms with van der Waals surface area (Å²) < 4.78 is 27.4. The van der Waals surface area contributed by atoms with Crippen LogP contribution in [0.2, 0.25) is 0 Å². The van der Waals surface area contributed by atoms with E-state index in [0.29, 0.717) is 5.69 Å². The Labute approximate surface area is 164 Å². The summed E-state index contributed by atoms with van der Waals surface area (Å²) in [5.41, 5.74) is 15.3. The van der Waals surface area contributed by atoms with Gasteiger partial charge in [0, 0.05) is 5.69 Å². The van der Waals surface area contributed by atoms with Gasteiger partial charge in [-0.15, -0.1) is 11.3 Å². The standard InChI is InChI=1S/C15H20N6O5S2/c1-8-7-10(9(13(16)22)4-5-26-20-15(17)18)12(14(23)19-8)21-28(24,25)11-3-2-6-27-11/h2-3,6-7,9,21H,4-5H2,1H3,(H2,16,22)(H,19,23)(H4,17,18,20). The van der Waals surface area contributed by atoms with E-state index in [1.54, 1.807) is 18.4 Å². The third-order valence-corrected chi connectivity index (χ3v) is 6.33. The molecule has 28 heavy (non-hydrogen) atoms. The Kier molecular flexibility index (Phi) is 6.64. The second-order valence-electron chi connectivity index (χ2n) is 5.74. The molecule has 0 saturated heterocycles. The molecule has 0 saturated carbocycles. The van der Waals surface area contributed by atoms with E-state index in [0.717, 1.165) is 11.3 Å². The van der Waals surface area contributed by atoms with E-state index < -0.39 is 27.4 Å². The van der Waals surface area contributed by atoms with Crippen LogP contribution in [0.5, 0.6) is 0 Å². The number of nitrogens with two attached hydrogens (primary N) is 3. The smallest absolute Gasteiger partial charge is 0.272 e. The molecule has 13 heteroatoms. The number of oxime groups is 1. The van der Waals surface area contributed by atoms with Gasteiger partial charge >= 0.3 is 0 Å². The zero-order valence-corrected chi connectivity index (χ0v) is 16.5. The Morgan fingerprint density at radius 2 is 2.11 bits per heavy atom. The summed E-state index contributed by atoms with van der Waals surface area (Å²) in [6, 6.07) is 4.43. The largest absolute Gasteiger partial charge is 0.393 e. The van der Waals surface area contributed by atoms with Crippen LogP contribution in [0.3, 0.4) is 0 Å². The third-order valence-electron chi connectivity index (χ3n) is 3.58. The maximum atomic E-state index is 12.5. The van der Waals surface area contributed by atoms with Gasteiger partial charge in [0.05, 0.1) is 5.92 Å². The molecule has 2 aromatic heterocycles. The Morgan fingerprint density at radius 1 is 1.39 bits per heavy atom. The zero-order valence-electron chi connectivity index (χ0n) is 14.8. The number of aromatic nitrogens is 1.